The minimum Gasteiger partial charge on any atom is -0.368 e. The van der Waals surface area contributed by atoms with Crippen molar-refractivity contribution in [3.63, 3.8) is 0 Å². The Labute approximate surface area is 174 Å². The number of carbonyl (C=O) groups is 2. The minimum absolute atomic E-state index is 0.206. The molecule has 1 aliphatic heterocycles. The third-order valence-corrected chi connectivity index (χ3v) is 5.18. The van der Waals surface area contributed by atoms with E-state index in [1.54, 1.807) is 6.92 Å². The molecule has 2 unspecified atom stereocenters. The van der Waals surface area contributed by atoms with Gasteiger partial charge in [0, 0.05) is 44.0 Å². The SMILES string of the molecule is CC(CC(=O)N1CCN(c2ccc(NC(=O)C(C)Cl)cc2)CC1)CC(C)(C)C. The van der Waals surface area contributed by atoms with Gasteiger partial charge < -0.3 is 15.1 Å². The number of benzene rings is 1. The van der Waals surface area contributed by atoms with Crippen LogP contribution in [0.15, 0.2) is 24.3 Å². The van der Waals surface area contributed by atoms with Gasteiger partial charge in [-0.25, -0.2) is 0 Å². The molecule has 1 fully saturated rings. The minimum atomic E-state index is -0.559. The summed E-state index contributed by atoms with van der Waals surface area (Å²) < 4.78 is 0. The molecule has 6 heteroatoms. The fourth-order valence-electron chi connectivity index (χ4n) is 3.76. The number of hydrogen-bond donors (Lipinski definition) is 1. The summed E-state index contributed by atoms with van der Waals surface area (Å²) in [6, 6.07) is 7.77. The highest BCUT2D eigenvalue weighted by atomic mass is 35.5. The molecule has 5 nitrogen and oxygen atoms in total. The standard InChI is InChI=1S/C22H34ClN3O2/c1-16(15-22(3,4)5)14-20(27)26-12-10-25(11-13-26)19-8-6-18(7-9-19)24-21(28)17(2)23/h6-9,16-17H,10-15H2,1-5H3,(H,24,28). The summed E-state index contributed by atoms with van der Waals surface area (Å²) >= 11 is 5.78. The van der Waals surface area contributed by atoms with Gasteiger partial charge >= 0.3 is 0 Å². The van der Waals surface area contributed by atoms with Crippen molar-refractivity contribution in [1.82, 2.24) is 4.90 Å². The summed E-state index contributed by atoms with van der Waals surface area (Å²) in [4.78, 5) is 28.5. The molecular weight excluding hydrogens is 374 g/mol. The second kappa shape index (κ2) is 9.64. The van der Waals surface area contributed by atoms with Crippen LogP contribution in [0.4, 0.5) is 11.4 Å². The molecule has 1 aromatic carbocycles. The van der Waals surface area contributed by atoms with Gasteiger partial charge in [-0.3, -0.25) is 9.59 Å². The van der Waals surface area contributed by atoms with E-state index in [0.717, 1.165) is 44.0 Å². The van der Waals surface area contributed by atoms with Gasteiger partial charge in [-0.2, -0.15) is 0 Å². The van der Waals surface area contributed by atoms with Crippen LogP contribution in [-0.2, 0) is 9.59 Å². The highest BCUT2D eigenvalue weighted by Gasteiger charge is 2.24. The fourth-order valence-corrected chi connectivity index (χ4v) is 3.81. The second-order valence-electron chi connectivity index (χ2n) is 9.09. The average Bonchev–Trinajstić information content (AvgIpc) is 2.60. The molecule has 1 saturated heterocycles. The number of piperazine rings is 1. The van der Waals surface area contributed by atoms with Crippen molar-refractivity contribution in [2.75, 3.05) is 36.4 Å². The first-order chi connectivity index (χ1) is 13.0. The van der Waals surface area contributed by atoms with Crippen LogP contribution in [0.25, 0.3) is 0 Å². The lowest BCUT2D eigenvalue weighted by Crippen LogP contribution is -2.49. The van der Waals surface area contributed by atoms with Gasteiger partial charge in [0.15, 0.2) is 0 Å². The van der Waals surface area contributed by atoms with Gasteiger partial charge in [0.1, 0.15) is 5.38 Å². The molecule has 1 N–H and O–H groups in total. The van der Waals surface area contributed by atoms with Crippen LogP contribution < -0.4 is 10.2 Å². The van der Waals surface area contributed by atoms with Crippen LogP contribution in [-0.4, -0.2) is 48.3 Å². The number of carbonyl (C=O) groups excluding carboxylic acids is 2. The third kappa shape index (κ3) is 7.01. The Morgan fingerprint density at radius 2 is 1.64 bits per heavy atom. The number of nitrogens with zero attached hydrogens (tertiary/aromatic N) is 2. The molecule has 0 aromatic heterocycles. The van der Waals surface area contributed by atoms with E-state index in [0.29, 0.717) is 12.3 Å². The van der Waals surface area contributed by atoms with Crippen LogP contribution in [0.5, 0.6) is 0 Å². The molecule has 2 rings (SSSR count). The summed E-state index contributed by atoms with van der Waals surface area (Å²) in [5.74, 6) is 0.468. The number of rotatable bonds is 6. The lowest BCUT2D eigenvalue weighted by atomic mass is 9.84. The molecule has 0 radical (unpaired) electrons. The predicted octanol–water partition coefficient (Wildman–Crippen LogP) is 4.36. The fraction of sp³-hybridized carbons (Fsp3) is 0.636. The van der Waals surface area contributed by atoms with Crippen molar-refractivity contribution in [2.24, 2.45) is 11.3 Å². The molecule has 28 heavy (non-hydrogen) atoms. The Morgan fingerprint density at radius 1 is 1.07 bits per heavy atom. The van der Waals surface area contributed by atoms with Gasteiger partial charge in [-0.15, -0.1) is 11.6 Å². The van der Waals surface area contributed by atoms with E-state index in [4.69, 9.17) is 11.6 Å². The first-order valence-electron chi connectivity index (χ1n) is 10.1. The molecular formula is C22H34ClN3O2. The summed E-state index contributed by atoms with van der Waals surface area (Å²) in [6.45, 7) is 13.6. The highest BCUT2D eigenvalue weighted by Crippen LogP contribution is 2.27. The van der Waals surface area contributed by atoms with Gasteiger partial charge in [0.05, 0.1) is 0 Å². The van der Waals surface area contributed by atoms with E-state index >= 15 is 0 Å². The molecule has 2 amide bonds. The zero-order valence-electron chi connectivity index (χ0n) is 17.8. The Balaban J connectivity index is 1.83. The monoisotopic (exact) mass is 407 g/mol. The molecule has 0 spiro atoms. The number of alkyl halides is 1. The molecule has 1 heterocycles. The van der Waals surface area contributed by atoms with Crippen LogP contribution in [0.1, 0.15) is 47.5 Å². The summed E-state index contributed by atoms with van der Waals surface area (Å²) in [7, 11) is 0. The molecule has 0 bridgehead atoms. The van der Waals surface area contributed by atoms with E-state index in [9.17, 15) is 9.59 Å². The smallest absolute Gasteiger partial charge is 0.242 e. The number of hydrogen-bond acceptors (Lipinski definition) is 3. The van der Waals surface area contributed by atoms with E-state index in [1.807, 2.05) is 29.2 Å². The van der Waals surface area contributed by atoms with Crippen LogP contribution in [0.3, 0.4) is 0 Å². The predicted molar refractivity (Wildman–Crippen MR) is 117 cm³/mol. The van der Waals surface area contributed by atoms with Gasteiger partial charge in [0.25, 0.3) is 0 Å². The zero-order chi connectivity index (χ0) is 20.9. The summed E-state index contributed by atoms with van der Waals surface area (Å²) in [5.41, 5.74) is 2.10. The van der Waals surface area contributed by atoms with E-state index in [-0.39, 0.29) is 17.2 Å². The number of halogens is 1. The molecule has 0 saturated carbocycles. The lowest BCUT2D eigenvalue weighted by molar-refractivity contribution is -0.132. The summed E-state index contributed by atoms with van der Waals surface area (Å²) in [6.07, 6.45) is 1.69. The van der Waals surface area contributed by atoms with E-state index in [2.05, 4.69) is 37.9 Å². The Morgan fingerprint density at radius 3 is 2.14 bits per heavy atom. The lowest BCUT2D eigenvalue weighted by Gasteiger charge is -2.37. The van der Waals surface area contributed by atoms with Crippen molar-refractivity contribution in [3.05, 3.63) is 24.3 Å². The van der Waals surface area contributed by atoms with Crippen LogP contribution in [0, 0.1) is 11.3 Å². The second-order valence-corrected chi connectivity index (χ2v) is 9.75. The largest absolute Gasteiger partial charge is 0.368 e. The highest BCUT2D eigenvalue weighted by molar-refractivity contribution is 6.32. The Bertz CT molecular complexity index is 659. The zero-order valence-corrected chi connectivity index (χ0v) is 18.6. The first-order valence-corrected chi connectivity index (χ1v) is 10.6. The van der Waals surface area contributed by atoms with Crippen molar-refractivity contribution in [2.45, 2.75) is 52.8 Å². The first kappa shape index (κ1) is 22.5. The molecule has 2 atom stereocenters. The molecule has 1 aromatic rings. The Hall–Kier alpha value is -1.75. The van der Waals surface area contributed by atoms with Crippen molar-refractivity contribution < 1.29 is 9.59 Å². The van der Waals surface area contributed by atoms with Gasteiger partial charge in [0.2, 0.25) is 11.8 Å². The maximum absolute atomic E-state index is 12.6. The summed E-state index contributed by atoms with van der Waals surface area (Å²) in [5, 5.41) is 2.23. The van der Waals surface area contributed by atoms with Crippen molar-refractivity contribution in [1.29, 1.82) is 0 Å². The topological polar surface area (TPSA) is 52.7 Å². The Kier molecular flexibility index (Phi) is 7.76. The molecule has 0 aliphatic carbocycles. The quantitative estimate of drug-likeness (QED) is 0.712. The van der Waals surface area contributed by atoms with Gasteiger partial charge in [-0.05, 0) is 48.9 Å². The average molecular weight is 408 g/mol. The van der Waals surface area contributed by atoms with E-state index < -0.39 is 5.38 Å². The van der Waals surface area contributed by atoms with Crippen molar-refractivity contribution >= 4 is 34.8 Å². The number of nitrogens with one attached hydrogen (secondary N) is 1. The van der Waals surface area contributed by atoms with Gasteiger partial charge in [-0.1, -0.05) is 27.7 Å². The number of anilines is 2. The molecule has 1 aliphatic rings. The molecule has 156 valence electrons. The van der Waals surface area contributed by atoms with E-state index in [1.165, 1.54) is 0 Å². The number of amides is 2. The third-order valence-electron chi connectivity index (χ3n) is 4.98. The van der Waals surface area contributed by atoms with Crippen LogP contribution >= 0.6 is 11.6 Å². The van der Waals surface area contributed by atoms with Crippen molar-refractivity contribution in [3.8, 4) is 0 Å². The van der Waals surface area contributed by atoms with Crippen LogP contribution in [0.2, 0.25) is 0 Å². The maximum Gasteiger partial charge on any atom is 0.242 e. The normalized spacial score (nSPS) is 17.2. The maximum atomic E-state index is 12.6.